The number of ether oxygens (including phenoxy) is 1. The highest BCUT2D eigenvalue weighted by molar-refractivity contribution is 6.32. The van der Waals surface area contributed by atoms with Crippen molar-refractivity contribution in [2.24, 2.45) is 5.92 Å². The summed E-state index contributed by atoms with van der Waals surface area (Å²) in [5.41, 5.74) is 0. The van der Waals surface area contributed by atoms with Crippen LogP contribution in [0.2, 0.25) is 0 Å². The molecule has 2 amide bonds. The molecule has 0 spiro atoms. The van der Waals surface area contributed by atoms with E-state index in [0.717, 1.165) is 25.0 Å². The van der Waals surface area contributed by atoms with E-state index in [0.29, 0.717) is 19.6 Å². The molecule has 1 unspecified atom stereocenters. The third-order valence-electron chi connectivity index (χ3n) is 3.19. The van der Waals surface area contributed by atoms with Crippen LogP contribution in [0.15, 0.2) is 12.2 Å². The van der Waals surface area contributed by atoms with Crippen molar-refractivity contribution in [3.63, 3.8) is 0 Å². The minimum atomic E-state index is -1.97. The Labute approximate surface area is 136 Å². The molecule has 1 saturated heterocycles. The van der Waals surface area contributed by atoms with Crippen LogP contribution in [0, 0.1) is 5.92 Å². The number of rotatable bonds is 9. The smallest absolute Gasteiger partial charge is 0.402 e. The van der Waals surface area contributed by atoms with Gasteiger partial charge in [-0.2, -0.15) is 0 Å². The Morgan fingerprint density at radius 3 is 2.61 bits per heavy atom. The van der Waals surface area contributed by atoms with Crippen molar-refractivity contribution in [2.45, 2.75) is 45.4 Å². The van der Waals surface area contributed by atoms with E-state index >= 15 is 0 Å². The molecule has 0 radical (unpaired) electrons. The SMILES string of the molecule is CC(C)C[C@H](NC(=O)/C=C/C(=O)NCC1CCCO1)OB(O)O. The third kappa shape index (κ3) is 9.34. The lowest BCUT2D eigenvalue weighted by Gasteiger charge is -2.20. The summed E-state index contributed by atoms with van der Waals surface area (Å²) >= 11 is 0. The molecule has 0 saturated carbocycles. The Morgan fingerprint density at radius 1 is 1.35 bits per heavy atom. The summed E-state index contributed by atoms with van der Waals surface area (Å²) in [7, 11) is -1.97. The Balaban J connectivity index is 2.34. The van der Waals surface area contributed by atoms with E-state index in [-0.39, 0.29) is 17.9 Å². The van der Waals surface area contributed by atoms with E-state index in [1.165, 1.54) is 0 Å². The molecule has 9 heteroatoms. The van der Waals surface area contributed by atoms with E-state index in [4.69, 9.17) is 19.4 Å². The van der Waals surface area contributed by atoms with Gasteiger partial charge >= 0.3 is 7.32 Å². The van der Waals surface area contributed by atoms with Gasteiger partial charge in [-0.15, -0.1) is 0 Å². The van der Waals surface area contributed by atoms with Crippen LogP contribution in [0.1, 0.15) is 33.1 Å². The third-order valence-corrected chi connectivity index (χ3v) is 3.19. The van der Waals surface area contributed by atoms with Crippen molar-refractivity contribution in [1.82, 2.24) is 10.6 Å². The summed E-state index contributed by atoms with van der Waals surface area (Å²) < 4.78 is 10.2. The number of hydrogen-bond acceptors (Lipinski definition) is 6. The Kier molecular flexibility index (Phi) is 8.86. The topological polar surface area (TPSA) is 117 Å². The molecule has 4 N–H and O–H groups in total. The van der Waals surface area contributed by atoms with Gasteiger partial charge in [0.05, 0.1) is 6.10 Å². The molecular weight excluding hydrogens is 303 g/mol. The molecule has 2 atom stereocenters. The van der Waals surface area contributed by atoms with Crippen molar-refractivity contribution in [1.29, 1.82) is 0 Å². The summed E-state index contributed by atoms with van der Waals surface area (Å²) in [6, 6.07) is 0. The molecule has 23 heavy (non-hydrogen) atoms. The fourth-order valence-corrected chi connectivity index (χ4v) is 2.16. The fraction of sp³-hybridized carbons (Fsp3) is 0.714. The number of amides is 2. The number of hydrogen-bond donors (Lipinski definition) is 4. The van der Waals surface area contributed by atoms with Gasteiger partial charge in [0.2, 0.25) is 11.8 Å². The van der Waals surface area contributed by atoms with Gasteiger partial charge in [0.15, 0.2) is 0 Å². The van der Waals surface area contributed by atoms with Crippen LogP contribution in [0.4, 0.5) is 0 Å². The van der Waals surface area contributed by atoms with Crippen molar-refractivity contribution in [3.05, 3.63) is 12.2 Å². The van der Waals surface area contributed by atoms with Crippen LogP contribution >= 0.6 is 0 Å². The zero-order valence-electron chi connectivity index (χ0n) is 13.5. The molecule has 0 aromatic carbocycles. The van der Waals surface area contributed by atoms with Gasteiger partial charge in [0.25, 0.3) is 0 Å². The first-order valence-electron chi connectivity index (χ1n) is 7.76. The standard InChI is InChI=1S/C14H25BN2O6/c1-10(2)8-14(23-15(20)21)17-13(19)6-5-12(18)16-9-11-4-3-7-22-11/h5-6,10-11,14,20-21H,3-4,7-9H2,1-2H3,(H,16,18)(H,17,19)/b6-5+/t11?,14-/m1/s1. The van der Waals surface area contributed by atoms with Gasteiger partial charge in [-0.1, -0.05) is 13.8 Å². The Bertz CT molecular complexity index is 400. The van der Waals surface area contributed by atoms with Gasteiger partial charge in [-0.25, -0.2) is 0 Å². The van der Waals surface area contributed by atoms with Crippen LogP contribution in [0.5, 0.6) is 0 Å². The largest absolute Gasteiger partial charge is 0.635 e. The quantitative estimate of drug-likeness (QED) is 0.253. The molecule has 0 bridgehead atoms. The minimum Gasteiger partial charge on any atom is -0.402 e. The first-order valence-corrected chi connectivity index (χ1v) is 7.76. The predicted octanol–water partition coefficient (Wildman–Crippen LogP) is -0.688. The maximum absolute atomic E-state index is 11.7. The second-order valence-electron chi connectivity index (χ2n) is 5.80. The minimum absolute atomic E-state index is 0.0380. The van der Waals surface area contributed by atoms with Crippen LogP contribution in [-0.2, 0) is 19.0 Å². The van der Waals surface area contributed by atoms with Crippen molar-refractivity contribution in [3.8, 4) is 0 Å². The van der Waals surface area contributed by atoms with Gasteiger partial charge in [-0.05, 0) is 25.2 Å². The van der Waals surface area contributed by atoms with Crippen LogP contribution in [-0.4, -0.2) is 54.7 Å². The summed E-state index contributed by atoms with van der Waals surface area (Å²) in [6.45, 7) is 4.94. The summed E-state index contributed by atoms with van der Waals surface area (Å²) in [5, 5.41) is 22.8. The molecule has 0 aromatic heterocycles. The van der Waals surface area contributed by atoms with Crippen LogP contribution in [0.25, 0.3) is 0 Å². The van der Waals surface area contributed by atoms with Crippen LogP contribution < -0.4 is 10.6 Å². The molecule has 1 aliphatic rings. The lowest BCUT2D eigenvalue weighted by atomic mass is 10.1. The van der Waals surface area contributed by atoms with Crippen molar-refractivity contribution >= 4 is 19.1 Å². The lowest BCUT2D eigenvalue weighted by Crippen LogP contribution is -2.41. The van der Waals surface area contributed by atoms with Crippen molar-refractivity contribution in [2.75, 3.05) is 13.2 Å². The molecule has 1 aliphatic heterocycles. The second kappa shape index (κ2) is 10.4. The second-order valence-corrected chi connectivity index (χ2v) is 5.80. The molecule has 130 valence electrons. The molecule has 8 nitrogen and oxygen atoms in total. The van der Waals surface area contributed by atoms with E-state index in [9.17, 15) is 9.59 Å². The Hall–Kier alpha value is -1.42. The number of carbonyl (C=O) groups excluding carboxylic acids is 2. The molecule has 1 rings (SSSR count). The lowest BCUT2D eigenvalue weighted by molar-refractivity contribution is -0.120. The summed E-state index contributed by atoms with van der Waals surface area (Å²) in [6.07, 6.45) is 3.70. The zero-order chi connectivity index (χ0) is 17.2. The highest BCUT2D eigenvalue weighted by Crippen LogP contribution is 2.10. The Morgan fingerprint density at radius 2 is 2.04 bits per heavy atom. The van der Waals surface area contributed by atoms with Gasteiger partial charge < -0.3 is 30.1 Å². The summed E-state index contributed by atoms with van der Waals surface area (Å²) in [4.78, 5) is 23.3. The fourth-order valence-electron chi connectivity index (χ4n) is 2.16. The average molecular weight is 328 g/mol. The predicted molar refractivity (Wildman–Crippen MR) is 83.8 cm³/mol. The molecule has 1 fully saturated rings. The molecule has 1 heterocycles. The summed E-state index contributed by atoms with van der Waals surface area (Å²) in [5.74, 6) is -0.763. The molecule has 0 aliphatic carbocycles. The van der Waals surface area contributed by atoms with Crippen LogP contribution in [0.3, 0.4) is 0 Å². The normalized spacial score (nSPS) is 19.1. The van der Waals surface area contributed by atoms with E-state index < -0.39 is 19.5 Å². The highest BCUT2D eigenvalue weighted by Gasteiger charge is 2.20. The van der Waals surface area contributed by atoms with E-state index in [2.05, 4.69) is 10.6 Å². The van der Waals surface area contributed by atoms with E-state index in [1.54, 1.807) is 0 Å². The molecular formula is C14H25BN2O6. The first-order chi connectivity index (χ1) is 10.9. The zero-order valence-corrected chi connectivity index (χ0v) is 13.5. The monoisotopic (exact) mass is 328 g/mol. The van der Waals surface area contributed by atoms with E-state index in [1.807, 2.05) is 13.8 Å². The van der Waals surface area contributed by atoms with Crippen molar-refractivity contribution < 1.29 is 29.0 Å². The first kappa shape index (κ1) is 19.6. The van der Waals surface area contributed by atoms with Gasteiger partial charge in [0, 0.05) is 25.3 Å². The average Bonchev–Trinajstić information content (AvgIpc) is 2.94. The maximum atomic E-state index is 11.7. The molecule has 0 aromatic rings. The number of carbonyl (C=O) groups is 2. The number of nitrogens with one attached hydrogen (secondary N) is 2. The van der Waals surface area contributed by atoms with Gasteiger partial charge in [0.1, 0.15) is 6.23 Å². The maximum Gasteiger partial charge on any atom is 0.635 e. The highest BCUT2D eigenvalue weighted by atomic mass is 16.6. The van der Waals surface area contributed by atoms with Gasteiger partial charge in [-0.3, -0.25) is 9.59 Å².